The molecular weight excluding hydrogens is 601 g/mol. The number of aliphatic hydroxyl groups is 1. The van der Waals surface area contributed by atoms with Gasteiger partial charge in [0.15, 0.2) is 6.29 Å². The van der Waals surface area contributed by atoms with Crippen LogP contribution in [0.5, 0.6) is 0 Å². The Bertz CT molecular complexity index is 1530. The van der Waals surface area contributed by atoms with Gasteiger partial charge in [-0.2, -0.15) is 10.4 Å². The highest BCUT2D eigenvalue weighted by Gasteiger charge is 2.49. The van der Waals surface area contributed by atoms with Gasteiger partial charge >= 0.3 is 6.16 Å². The van der Waals surface area contributed by atoms with Gasteiger partial charge in [-0.05, 0) is 29.8 Å². The maximum absolute atomic E-state index is 15.4. The van der Waals surface area contributed by atoms with Crippen LogP contribution in [0.15, 0.2) is 67.3 Å². The molecule has 0 saturated carbocycles. The molecule has 4 rings (SSSR count). The summed E-state index contributed by atoms with van der Waals surface area (Å²) in [5.41, 5.74) is -1.08. The summed E-state index contributed by atoms with van der Waals surface area (Å²) in [4.78, 5) is 15.1. The summed E-state index contributed by atoms with van der Waals surface area (Å²) in [5, 5.41) is 32.5. The largest absolute Gasteiger partial charge is 0.505 e. The molecule has 0 amide bonds. The Hall–Kier alpha value is -4.16. The molecule has 1 aliphatic rings. The average molecular weight is 631 g/mol. The monoisotopic (exact) mass is 630 g/mol. The summed E-state index contributed by atoms with van der Waals surface area (Å²) in [6.07, 6.45) is 5.16. The molecule has 0 aliphatic carbocycles. The second-order valence-electron chi connectivity index (χ2n) is 9.88. The molecule has 232 valence electrons. The smallest absolute Gasteiger partial charge is 0.450 e. The van der Waals surface area contributed by atoms with Crippen molar-refractivity contribution in [2.75, 3.05) is 19.8 Å². The summed E-state index contributed by atoms with van der Waals surface area (Å²) in [5.74, 6) is -2.27. The lowest BCUT2D eigenvalue weighted by Gasteiger charge is -2.44. The van der Waals surface area contributed by atoms with E-state index in [1.165, 1.54) is 47.3 Å². The number of benzene rings is 2. The summed E-state index contributed by atoms with van der Waals surface area (Å²) >= 11 is 1.31. The lowest BCUT2D eigenvalue weighted by molar-refractivity contribution is -0.146. The van der Waals surface area contributed by atoms with Crippen molar-refractivity contribution in [3.05, 3.63) is 101 Å². The predicted molar refractivity (Wildman–Crippen MR) is 154 cm³/mol. The number of hydrogen-bond acceptors (Lipinski definition) is 9. The first-order valence-corrected chi connectivity index (χ1v) is 14.3. The van der Waals surface area contributed by atoms with Crippen molar-refractivity contribution in [1.29, 1.82) is 5.26 Å². The number of nitrogens with zero attached hydrogens (tertiary/aromatic N) is 4. The molecule has 3 atom stereocenters. The molecule has 0 bridgehead atoms. The Morgan fingerprint density at radius 2 is 2.00 bits per heavy atom. The first-order valence-electron chi connectivity index (χ1n) is 13.4. The zero-order valence-electron chi connectivity index (χ0n) is 23.4. The van der Waals surface area contributed by atoms with Gasteiger partial charge in [-0.15, -0.1) is 11.8 Å². The van der Waals surface area contributed by atoms with Crippen molar-refractivity contribution in [3.63, 3.8) is 0 Å². The van der Waals surface area contributed by atoms with E-state index in [2.05, 4.69) is 14.8 Å². The van der Waals surface area contributed by atoms with Crippen LogP contribution in [0.3, 0.4) is 0 Å². The molecule has 1 saturated heterocycles. The third-order valence-electron chi connectivity index (χ3n) is 7.08. The third kappa shape index (κ3) is 8.06. The van der Waals surface area contributed by atoms with Gasteiger partial charge in [-0.25, -0.2) is 22.9 Å². The number of allylic oxidation sites excluding steroid dienone is 2. The standard InChI is InChI=1S/C30H29F3N4O6S/c1-19(44-23-13-41-28(42-14-23)5-3-2-4-21-7-6-20(12-34)10-25(21)32)30(16-37-18-35-17-36-37,27(38)15-43-29(39)40)24-9-8-22(31)11-26(24)33/h2-11,17-19,23,27-28,38H,13-16H2,1H3,(H,39,40)/t19-,23-,27?,28-,30+/m1/s1. The maximum atomic E-state index is 15.4. The highest BCUT2D eigenvalue weighted by molar-refractivity contribution is 8.00. The average Bonchev–Trinajstić information content (AvgIpc) is 3.51. The topological polar surface area (TPSA) is 140 Å². The molecule has 1 fully saturated rings. The lowest BCUT2D eigenvalue weighted by Crippen LogP contribution is -2.53. The van der Waals surface area contributed by atoms with E-state index in [-0.39, 0.29) is 36.1 Å². The van der Waals surface area contributed by atoms with Crippen molar-refractivity contribution >= 4 is 24.0 Å². The van der Waals surface area contributed by atoms with Gasteiger partial charge in [0, 0.05) is 16.9 Å². The van der Waals surface area contributed by atoms with Gasteiger partial charge in [0.25, 0.3) is 0 Å². The fourth-order valence-electron chi connectivity index (χ4n) is 4.88. The SMILES string of the molecule is C[C@@H](S[C@H]1CO[C@H](C=CC=Cc2ccc(C#N)cc2F)OC1)[C@@](Cn1cncn1)(c1ccc(F)cc1F)C(O)COC(=O)O. The molecule has 2 heterocycles. The predicted octanol–water partition coefficient (Wildman–Crippen LogP) is 4.69. The number of hydrogen-bond donors (Lipinski definition) is 2. The Labute approximate surface area is 255 Å². The normalized spacial score (nSPS) is 19.8. The molecule has 10 nitrogen and oxygen atoms in total. The zero-order chi connectivity index (χ0) is 31.7. The van der Waals surface area contributed by atoms with Gasteiger partial charge < -0.3 is 24.4 Å². The number of thioether (sulfide) groups is 1. The van der Waals surface area contributed by atoms with E-state index in [9.17, 15) is 18.7 Å². The van der Waals surface area contributed by atoms with Crippen LogP contribution in [0.25, 0.3) is 6.08 Å². The van der Waals surface area contributed by atoms with Crippen molar-refractivity contribution in [3.8, 4) is 6.07 Å². The van der Waals surface area contributed by atoms with E-state index in [4.69, 9.17) is 19.8 Å². The van der Waals surface area contributed by atoms with Crippen LogP contribution in [-0.2, 0) is 26.2 Å². The second-order valence-corrected chi connectivity index (χ2v) is 11.5. The summed E-state index contributed by atoms with van der Waals surface area (Å²) < 4.78 is 61.0. The number of aromatic nitrogens is 3. The molecular formula is C30H29F3N4O6S. The van der Waals surface area contributed by atoms with Crippen LogP contribution in [0.4, 0.5) is 18.0 Å². The minimum Gasteiger partial charge on any atom is -0.450 e. The van der Waals surface area contributed by atoms with Crippen molar-refractivity contribution < 1.29 is 42.4 Å². The van der Waals surface area contributed by atoms with Gasteiger partial charge in [0.1, 0.15) is 42.8 Å². The van der Waals surface area contributed by atoms with Crippen LogP contribution in [0, 0.1) is 28.8 Å². The molecule has 0 spiro atoms. The highest BCUT2D eigenvalue weighted by Crippen LogP contribution is 2.43. The molecule has 0 radical (unpaired) electrons. The number of carbonyl (C=O) groups is 1. The quantitative estimate of drug-likeness (QED) is 0.214. The minimum atomic E-state index is -1.62. The van der Waals surface area contributed by atoms with Gasteiger partial charge in [-0.1, -0.05) is 37.3 Å². The molecule has 14 heteroatoms. The van der Waals surface area contributed by atoms with Crippen LogP contribution in [0.1, 0.15) is 23.6 Å². The third-order valence-corrected chi connectivity index (χ3v) is 8.57. The summed E-state index contributed by atoms with van der Waals surface area (Å²) in [7, 11) is 0. The summed E-state index contributed by atoms with van der Waals surface area (Å²) in [6, 6.07) is 9.02. The lowest BCUT2D eigenvalue weighted by atomic mass is 9.72. The maximum Gasteiger partial charge on any atom is 0.505 e. The molecule has 44 heavy (non-hydrogen) atoms. The molecule has 1 aliphatic heterocycles. The Morgan fingerprint density at radius 3 is 2.64 bits per heavy atom. The molecule has 2 N–H and O–H groups in total. The number of aliphatic hydroxyl groups excluding tert-OH is 1. The van der Waals surface area contributed by atoms with Crippen molar-refractivity contribution in [2.24, 2.45) is 0 Å². The molecule has 1 aromatic heterocycles. The number of ether oxygens (including phenoxy) is 3. The van der Waals surface area contributed by atoms with E-state index < -0.39 is 53.3 Å². The molecule has 1 unspecified atom stereocenters. The highest BCUT2D eigenvalue weighted by atomic mass is 32.2. The number of rotatable bonds is 12. The van der Waals surface area contributed by atoms with Gasteiger partial charge in [0.2, 0.25) is 0 Å². The number of nitriles is 1. The first-order chi connectivity index (χ1) is 21.1. The first kappa shape index (κ1) is 32.7. The molecule has 3 aromatic rings. The Morgan fingerprint density at radius 1 is 1.23 bits per heavy atom. The van der Waals surface area contributed by atoms with Crippen LogP contribution in [-0.4, -0.2) is 73.8 Å². The van der Waals surface area contributed by atoms with E-state index in [0.717, 1.165) is 12.1 Å². The van der Waals surface area contributed by atoms with Crippen molar-refractivity contribution in [2.45, 2.75) is 41.8 Å². The van der Waals surface area contributed by atoms with E-state index >= 15 is 4.39 Å². The summed E-state index contributed by atoms with van der Waals surface area (Å²) in [6.45, 7) is 1.33. The minimum absolute atomic E-state index is 0.0557. The second kappa shape index (κ2) is 15.0. The van der Waals surface area contributed by atoms with Crippen molar-refractivity contribution in [1.82, 2.24) is 14.8 Å². The Kier molecular flexibility index (Phi) is 11.2. The fourth-order valence-corrected chi connectivity index (χ4v) is 6.38. The number of carboxylic acid groups (broad SMARTS) is 1. The van der Waals surface area contributed by atoms with Gasteiger partial charge in [0.05, 0.1) is 42.1 Å². The van der Waals surface area contributed by atoms with E-state index in [0.29, 0.717) is 11.6 Å². The van der Waals surface area contributed by atoms with Crippen LogP contribution < -0.4 is 0 Å². The van der Waals surface area contributed by atoms with E-state index in [1.54, 1.807) is 31.2 Å². The van der Waals surface area contributed by atoms with E-state index in [1.807, 2.05) is 6.07 Å². The van der Waals surface area contributed by atoms with Crippen LogP contribution in [0.2, 0.25) is 0 Å². The van der Waals surface area contributed by atoms with Crippen LogP contribution >= 0.6 is 11.8 Å². The zero-order valence-corrected chi connectivity index (χ0v) is 24.2. The Balaban J connectivity index is 1.49. The van der Waals surface area contributed by atoms with Gasteiger partial charge in [-0.3, -0.25) is 4.68 Å². The number of halogens is 3. The molecule has 2 aromatic carbocycles. The fraction of sp³-hybridized carbons (Fsp3) is 0.333.